The van der Waals surface area contributed by atoms with E-state index in [2.05, 4.69) is 20.7 Å². The number of carbonyl (C=O) groups is 3. The zero-order valence-corrected chi connectivity index (χ0v) is 16.9. The summed E-state index contributed by atoms with van der Waals surface area (Å²) >= 11 is 0. The number of nitrogens with zero attached hydrogens (tertiary/aromatic N) is 3. The first kappa shape index (κ1) is 20.3. The van der Waals surface area contributed by atoms with E-state index in [1.54, 1.807) is 49.5 Å². The van der Waals surface area contributed by atoms with E-state index in [4.69, 9.17) is 4.74 Å². The Morgan fingerprint density at radius 2 is 1.87 bits per heavy atom. The van der Waals surface area contributed by atoms with Crippen molar-refractivity contribution >= 4 is 23.5 Å². The number of hydrogen-bond acceptors (Lipinski definition) is 6. The summed E-state index contributed by atoms with van der Waals surface area (Å²) in [6.45, 7) is 1.22. The van der Waals surface area contributed by atoms with Crippen LogP contribution in [0.25, 0.3) is 5.82 Å². The highest BCUT2D eigenvalue weighted by molar-refractivity contribution is 6.04. The summed E-state index contributed by atoms with van der Waals surface area (Å²) < 4.78 is 6.66. The van der Waals surface area contributed by atoms with Gasteiger partial charge >= 0.3 is 5.97 Å². The van der Waals surface area contributed by atoms with Crippen LogP contribution in [0.2, 0.25) is 0 Å². The van der Waals surface area contributed by atoms with Gasteiger partial charge in [0.15, 0.2) is 12.4 Å². The van der Waals surface area contributed by atoms with E-state index in [0.29, 0.717) is 22.8 Å². The third-order valence-corrected chi connectivity index (χ3v) is 4.79. The van der Waals surface area contributed by atoms with Gasteiger partial charge in [-0.05, 0) is 44.0 Å². The number of hydrogen-bond donors (Lipinski definition) is 2. The third-order valence-electron chi connectivity index (χ3n) is 4.79. The van der Waals surface area contributed by atoms with E-state index < -0.39 is 18.5 Å². The van der Waals surface area contributed by atoms with Crippen molar-refractivity contribution in [2.24, 2.45) is 0 Å². The summed E-state index contributed by atoms with van der Waals surface area (Å²) in [5.41, 5.74) is 1.51. The van der Waals surface area contributed by atoms with Crippen LogP contribution in [0, 0.1) is 6.92 Å². The van der Waals surface area contributed by atoms with Crippen molar-refractivity contribution in [3.05, 3.63) is 71.7 Å². The second kappa shape index (κ2) is 8.78. The Kier molecular flexibility index (Phi) is 5.74. The lowest BCUT2D eigenvalue weighted by molar-refractivity contribution is -0.119. The van der Waals surface area contributed by atoms with Crippen molar-refractivity contribution in [2.45, 2.75) is 25.8 Å². The average Bonchev–Trinajstić information content (AvgIpc) is 3.51. The molecule has 2 heterocycles. The summed E-state index contributed by atoms with van der Waals surface area (Å²) in [6.07, 6.45) is 4.93. The number of ether oxygens (including phenoxy) is 1. The molecular weight excluding hydrogens is 398 g/mol. The van der Waals surface area contributed by atoms with Gasteiger partial charge in [0.25, 0.3) is 11.8 Å². The maximum absolute atomic E-state index is 12.4. The van der Waals surface area contributed by atoms with Crippen molar-refractivity contribution in [1.82, 2.24) is 20.1 Å². The monoisotopic (exact) mass is 419 g/mol. The lowest BCUT2D eigenvalue weighted by Gasteiger charge is -2.11. The molecule has 1 aliphatic carbocycles. The van der Waals surface area contributed by atoms with Gasteiger partial charge in [0.05, 0.1) is 23.1 Å². The Morgan fingerprint density at radius 3 is 2.61 bits per heavy atom. The van der Waals surface area contributed by atoms with Crippen LogP contribution in [-0.2, 0) is 9.53 Å². The summed E-state index contributed by atoms with van der Waals surface area (Å²) in [4.78, 5) is 41.3. The maximum atomic E-state index is 12.4. The summed E-state index contributed by atoms with van der Waals surface area (Å²) in [5.74, 6) is -0.893. The van der Waals surface area contributed by atoms with Crippen molar-refractivity contribution < 1.29 is 19.1 Å². The van der Waals surface area contributed by atoms with Crippen LogP contribution in [0.1, 0.15) is 39.3 Å². The van der Waals surface area contributed by atoms with Crippen LogP contribution in [0.3, 0.4) is 0 Å². The highest BCUT2D eigenvalue weighted by Crippen LogP contribution is 2.21. The lowest BCUT2D eigenvalue weighted by Crippen LogP contribution is -2.28. The van der Waals surface area contributed by atoms with E-state index >= 15 is 0 Å². The van der Waals surface area contributed by atoms with Crippen LogP contribution in [0.4, 0.5) is 5.69 Å². The Balaban J connectivity index is 1.37. The van der Waals surface area contributed by atoms with Crippen LogP contribution in [0.5, 0.6) is 0 Å². The first-order valence-electron chi connectivity index (χ1n) is 9.86. The number of benzene rings is 1. The quantitative estimate of drug-likeness (QED) is 0.568. The molecule has 0 aliphatic heterocycles. The second-order valence-corrected chi connectivity index (χ2v) is 7.16. The normalized spacial score (nSPS) is 12.8. The van der Waals surface area contributed by atoms with E-state index in [1.807, 2.05) is 6.07 Å². The number of esters is 1. The zero-order valence-electron chi connectivity index (χ0n) is 16.9. The van der Waals surface area contributed by atoms with Gasteiger partial charge < -0.3 is 15.4 Å². The van der Waals surface area contributed by atoms with Crippen LogP contribution >= 0.6 is 0 Å². The SMILES string of the molecule is Cc1c(C(=O)OCC(=O)Nc2ccccc2C(=O)NC2CC2)cnn1-c1ccccn1. The van der Waals surface area contributed by atoms with Gasteiger partial charge in [-0.2, -0.15) is 5.10 Å². The zero-order chi connectivity index (χ0) is 21.8. The number of amides is 2. The van der Waals surface area contributed by atoms with Gasteiger partial charge in [0.1, 0.15) is 5.56 Å². The predicted molar refractivity (Wildman–Crippen MR) is 112 cm³/mol. The van der Waals surface area contributed by atoms with Gasteiger partial charge in [-0.3, -0.25) is 9.59 Å². The van der Waals surface area contributed by atoms with Crippen LogP contribution in [0.15, 0.2) is 54.9 Å². The summed E-state index contributed by atoms with van der Waals surface area (Å²) in [7, 11) is 0. The minimum atomic E-state index is -0.672. The van der Waals surface area contributed by atoms with E-state index in [9.17, 15) is 14.4 Å². The molecule has 0 spiro atoms. The lowest BCUT2D eigenvalue weighted by atomic mass is 10.1. The van der Waals surface area contributed by atoms with Crippen LogP contribution < -0.4 is 10.6 Å². The number of pyridine rings is 1. The molecule has 9 nitrogen and oxygen atoms in total. The number of anilines is 1. The smallest absolute Gasteiger partial charge is 0.342 e. The topological polar surface area (TPSA) is 115 Å². The Labute approximate surface area is 178 Å². The molecule has 4 rings (SSSR count). The molecule has 0 saturated heterocycles. The van der Waals surface area contributed by atoms with Crippen molar-refractivity contribution in [3.63, 3.8) is 0 Å². The highest BCUT2D eigenvalue weighted by atomic mass is 16.5. The predicted octanol–water partition coefficient (Wildman–Crippen LogP) is 2.26. The molecule has 158 valence electrons. The van der Waals surface area contributed by atoms with Gasteiger partial charge in [-0.25, -0.2) is 14.5 Å². The van der Waals surface area contributed by atoms with Gasteiger partial charge in [0.2, 0.25) is 0 Å². The molecule has 3 aromatic rings. The molecule has 1 fully saturated rings. The average molecular weight is 419 g/mol. The Hall–Kier alpha value is -4.01. The number of para-hydroxylation sites is 1. The molecule has 1 aromatic carbocycles. The fourth-order valence-electron chi connectivity index (χ4n) is 3.00. The largest absolute Gasteiger partial charge is 0.452 e. The molecule has 0 radical (unpaired) electrons. The van der Waals surface area contributed by atoms with Gasteiger partial charge in [-0.1, -0.05) is 18.2 Å². The number of nitrogens with one attached hydrogen (secondary N) is 2. The highest BCUT2D eigenvalue weighted by Gasteiger charge is 2.25. The summed E-state index contributed by atoms with van der Waals surface area (Å²) in [5, 5.41) is 9.69. The van der Waals surface area contributed by atoms with Crippen molar-refractivity contribution in [3.8, 4) is 5.82 Å². The Morgan fingerprint density at radius 1 is 1.10 bits per heavy atom. The maximum Gasteiger partial charge on any atom is 0.342 e. The first-order valence-corrected chi connectivity index (χ1v) is 9.86. The number of carbonyl (C=O) groups excluding carboxylic acids is 3. The molecule has 1 aliphatic rings. The molecule has 0 atom stereocenters. The fraction of sp³-hybridized carbons (Fsp3) is 0.227. The van der Waals surface area contributed by atoms with Gasteiger partial charge in [-0.15, -0.1) is 0 Å². The summed E-state index contributed by atoms with van der Waals surface area (Å²) in [6, 6.07) is 12.3. The van der Waals surface area contributed by atoms with E-state index in [0.717, 1.165) is 12.8 Å². The molecule has 2 amide bonds. The molecule has 31 heavy (non-hydrogen) atoms. The minimum Gasteiger partial charge on any atom is -0.452 e. The molecule has 9 heteroatoms. The molecule has 1 saturated carbocycles. The van der Waals surface area contributed by atoms with Gasteiger partial charge in [0, 0.05) is 12.2 Å². The molecule has 2 aromatic heterocycles. The first-order chi connectivity index (χ1) is 15.0. The minimum absolute atomic E-state index is 0.201. The number of rotatable bonds is 7. The molecular formula is C22H21N5O4. The second-order valence-electron chi connectivity index (χ2n) is 7.16. The van der Waals surface area contributed by atoms with Crippen molar-refractivity contribution in [1.29, 1.82) is 0 Å². The number of aromatic nitrogens is 3. The molecule has 2 N–H and O–H groups in total. The molecule has 0 unspecified atom stereocenters. The van der Waals surface area contributed by atoms with E-state index in [-0.39, 0.29) is 17.5 Å². The van der Waals surface area contributed by atoms with Crippen LogP contribution in [-0.4, -0.2) is 45.2 Å². The third kappa shape index (κ3) is 4.77. The van der Waals surface area contributed by atoms with Crippen molar-refractivity contribution in [2.75, 3.05) is 11.9 Å². The standard InChI is InChI=1S/C22H21N5O4/c1-14-17(12-24-27(14)19-8-4-5-11-23-19)22(30)31-13-20(28)26-18-7-3-2-6-16(18)21(29)25-15-9-10-15/h2-8,11-12,15H,9-10,13H2,1H3,(H,25,29)(H,26,28). The Bertz CT molecular complexity index is 1120. The fourth-order valence-corrected chi connectivity index (χ4v) is 3.00. The van der Waals surface area contributed by atoms with E-state index in [1.165, 1.54) is 10.9 Å². The molecule has 0 bridgehead atoms.